The van der Waals surface area contributed by atoms with Crippen molar-refractivity contribution in [1.29, 1.82) is 0 Å². The maximum absolute atomic E-state index is 13.5. The fourth-order valence-corrected chi connectivity index (χ4v) is 2.37. The van der Waals surface area contributed by atoms with Gasteiger partial charge < -0.3 is 5.32 Å². The summed E-state index contributed by atoms with van der Waals surface area (Å²) in [5, 5.41) is 2.61. The summed E-state index contributed by atoms with van der Waals surface area (Å²) in [5.74, 6) is -2.48. The van der Waals surface area contributed by atoms with Gasteiger partial charge >= 0.3 is 0 Å². The molecule has 21 heavy (non-hydrogen) atoms. The predicted molar refractivity (Wildman–Crippen MR) is 80.5 cm³/mol. The van der Waals surface area contributed by atoms with Gasteiger partial charge in [0.2, 0.25) is 0 Å². The summed E-state index contributed by atoms with van der Waals surface area (Å²) in [6, 6.07) is 10.7. The third-order valence-corrected chi connectivity index (χ3v) is 3.90. The van der Waals surface area contributed by atoms with E-state index in [2.05, 4.69) is 5.32 Å². The van der Waals surface area contributed by atoms with E-state index in [0.29, 0.717) is 0 Å². The lowest BCUT2D eigenvalue weighted by Gasteiger charge is -2.15. The van der Waals surface area contributed by atoms with Gasteiger partial charge in [-0.05, 0) is 43.0 Å². The lowest BCUT2D eigenvalue weighted by atomic mass is 10.1. The lowest BCUT2D eigenvalue weighted by Crippen LogP contribution is -2.28. The monoisotopic (exact) mass is 307 g/mol. The molecule has 0 saturated heterocycles. The summed E-state index contributed by atoms with van der Waals surface area (Å²) in [5.41, 5.74) is 0.322. The largest absolute Gasteiger partial charge is 0.345 e. The van der Waals surface area contributed by atoms with E-state index < -0.39 is 23.1 Å². The predicted octanol–water partition coefficient (Wildman–Crippen LogP) is 4.18. The van der Waals surface area contributed by atoms with Crippen molar-refractivity contribution >= 4 is 17.7 Å². The second-order valence-electron chi connectivity index (χ2n) is 4.56. The van der Waals surface area contributed by atoms with E-state index in [1.165, 1.54) is 6.07 Å². The topological polar surface area (TPSA) is 29.1 Å². The van der Waals surface area contributed by atoms with Gasteiger partial charge in [0.1, 0.15) is 17.2 Å². The Morgan fingerprint density at radius 2 is 1.67 bits per heavy atom. The highest BCUT2D eigenvalue weighted by atomic mass is 32.2. The van der Waals surface area contributed by atoms with Gasteiger partial charge in [-0.15, -0.1) is 11.8 Å². The Balaban J connectivity index is 2.15. The first-order chi connectivity index (χ1) is 10.0. The van der Waals surface area contributed by atoms with Gasteiger partial charge in [-0.1, -0.05) is 18.2 Å². The molecule has 0 aliphatic heterocycles. The maximum Gasteiger partial charge on any atom is 0.257 e. The van der Waals surface area contributed by atoms with Gasteiger partial charge in [0.25, 0.3) is 5.91 Å². The first-order valence-corrected chi connectivity index (χ1v) is 7.64. The molecule has 110 valence electrons. The van der Waals surface area contributed by atoms with Crippen molar-refractivity contribution in [1.82, 2.24) is 5.32 Å². The SMILES string of the molecule is CSc1ccc([C@@H](C)NC(=O)c2c(F)cccc2F)cc1. The number of nitrogens with one attached hydrogen (secondary N) is 1. The van der Waals surface area contributed by atoms with Crippen molar-refractivity contribution in [2.24, 2.45) is 0 Å². The molecule has 0 radical (unpaired) electrons. The number of thioether (sulfide) groups is 1. The molecule has 0 saturated carbocycles. The van der Waals surface area contributed by atoms with Crippen LogP contribution in [-0.2, 0) is 0 Å². The molecule has 0 heterocycles. The van der Waals surface area contributed by atoms with Crippen LogP contribution in [0.1, 0.15) is 28.9 Å². The average molecular weight is 307 g/mol. The van der Waals surface area contributed by atoms with Crippen LogP contribution in [0.15, 0.2) is 47.4 Å². The number of benzene rings is 2. The molecule has 1 atom stereocenters. The van der Waals surface area contributed by atoms with Gasteiger partial charge in [-0.3, -0.25) is 4.79 Å². The van der Waals surface area contributed by atoms with Gasteiger partial charge in [0.15, 0.2) is 0 Å². The zero-order chi connectivity index (χ0) is 15.4. The molecule has 0 aromatic heterocycles. The van der Waals surface area contributed by atoms with Crippen molar-refractivity contribution in [2.45, 2.75) is 17.9 Å². The Labute approximate surface area is 126 Å². The van der Waals surface area contributed by atoms with Gasteiger partial charge in [-0.25, -0.2) is 8.78 Å². The highest BCUT2D eigenvalue weighted by Crippen LogP contribution is 2.20. The number of amides is 1. The molecule has 0 unspecified atom stereocenters. The molecule has 0 bridgehead atoms. The minimum Gasteiger partial charge on any atom is -0.345 e. The van der Waals surface area contributed by atoms with Gasteiger partial charge in [-0.2, -0.15) is 0 Å². The second kappa shape index (κ2) is 6.72. The average Bonchev–Trinajstić information content (AvgIpc) is 2.47. The number of carbonyl (C=O) groups excluding carboxylic acids is 1. The fraction of sp³-hybridized carbons (Fsp3) is 0.188. The standard InChI is InChI=1S/C16H15F2NOS/c1-10(11-6-8-12(21-2)9-7-11)19-16(20)15-13(17)4-3-5-14(15)18/h3-10H,1-2H3,(H,19,20)/t10-/m1/s1. The molecular formula is C16H15F2NOS. The van der Waals surface area contributed by atoms with E-state index in [-0.39, 0.29) is 6.04 Å². The lowest BCUT2D eigenvalue weighted by molar-refractivity contribution is 0.0931. The number of carbonyl (C=O) groups is 1. The van der Waals surface area contributed by atoms with Crippen molar-refractivity contribution < 1.29 is 13.6 Å². The Hall–Kier alpha value is -1.88. The van der Waals surface area contributed by atoms with Crippen LogP contribution in [0.5, 0.6) is 0 Å². The summed E-state index contributed by atoms with van der Waals surface area (Å²) in [6.45, 7) is 1.77. The molecule has 2 nitrogen and oxygen atoms in total. The van der Waals surface area contributed by atoms with Crippen LogP contribution in [0.4, 0.5) is 8.78 Å². The molecule has 0 aliphatic carbocycles. The number of hydrogen-bond donors (Lipinski definition) is 1. The molecule has 1 amide bonds. The molecule has 0 aliphatic rings. The molecule has 2 rings (SSSR count). The quantitative estimate of drug-likeness (QED) is 0.859. The minimum atomic E-state index is -0.863. The summed E-state index contributed by atoms with van der Waals surface area (Å²) in [6.07, 6.45) is 1.97. The fourth-order valence-electron chi connectivity index (χ4n) is 1.96. The normalized spacial score (nSPS) is 12.0. The van der Waals surface area contributed by atoms with Crippen LogP contribution in [0.3, 0.4) is 0 Å². The Kier molecular flexibility index (Phi) is 4.96. The molecule has 2 aromatic carbocycles. The highest BCUT2D eigenvalue weighted by Gasteiger charge is 2.19. The molecule has 1 N–H and O–H groups in total. The van der Waals surface area contributed by atoms with Crippen molar-refractivity contribution in [3.63, 3.8) is 0 Å². The van der Waals surface area contributed by atoms with E-state index >= 15 is 0 Å². The van der Waals surface area contributed by atoms with Crippen LogP contribution >= 0.6 is 11.8 Å². The Morgan fingerprint density at radius 3 is 2.19 bits per heavy atom. The summed E-state index contributed by atoms with van der Waals surface area (Å²) in [7, 11) is 0. The Bertz CT molecular complexity index is 623. The molecule has 2 aromatic rings. The van der Waals surface area contributed by atoms with E-state index in [1.807, 2.05) is 30.5 Å². The van der Waals surface area contributed by atoms with Crippen LogP contribution in [0.2, 0.25) is 0 Å². The third kappa shape index (κ3) is 3.61. The van der Waals surface area contributed by atoms with Crippen LogP contribution < -0.4 is 5.32 Å². The zero-order valence-electron chi connectivity index (χ0n) is 11.7. The Morgan fingerprint density at radius 1 is 1.10 bits per heavy atom. The van der Waals surface area contributed by atoms with Crippen molar-refractivity contribution in [3.05, 3.63) is 65.2 Å². The second-order valence-corrected chi connectivity index (χ2v) is 5.44. The zero-order valence-corrected chi connectivity index (χ0v) is 12.5. The first kappa shape index (κ1) is 15.5. The number of rotatable bonds is 4. The van der Waals surface area contributed by atoms with E-state index in [0.717, 1.165) is 22.6 Å². The summed E-state index contributed by atoms with van der Waals surface area (Å²) < 4.78 is 27.1. The molecule has 0 fully saturated rings. The van der Waals surface area contributed by atoms with E-state index in [4.69, 9.17) is 0 Å². The first-order valence-electron chi connectivity index (χ1n) is 6.41. The van der Waals surface area contributed by atoms with E-state index in [9.17, 15) is 13.6 Å². The molecular weight excluding hydrogens is 292 g/mol. The van der Waals surface area contributed by atoms with Crippen LogP contribution in [0.25, 0.3) is 0 Å². The third-order valence-electron chi connectivity index (χ3n) is 3.15. The number of halogens is 2. The minimum absolute atomic E-state index is 0.340. The smallest absolute Gasteiger partial charge is 0.257 e. The van der Waals surface area contributed by atoms with Gasteiger partial charge in [0, 0.05) is 4.90 Å². The van der Waals surface area contributed by atoms with Crippen molar-refractivity contribution in [3.8, 4) is 0 Å². The summed E-state index contributed by atoms with van der Waals surface area (Å²) in [4.78, 5) is 13.1. The highest BCUT2D eigenvalue weighted by molar-refractivity contribution is 7.98. The van der Waals surface area contributed by atoms with E-state index in [1.54, 1.807) is 18.7 Å². The van der Waals surface area contributed by atoms with Crippen molar-refractivity contribution in [2.75, 3.05) is 6.26 Å². The maximum atomic E-state index is 13.5. The van der Waals surface area contributed by atoms with Crippen LogP contribution in [-0.4, -0.2) is 12.2 Å². The number of hydrogen-bond acceptors (Lipinski definition) is 2. The van der Waals surface area contributed by atoms with Gasteiger partial charge in [0.05, 0.1) is 6.04 Å². The molecule has 0 spiro atoms. The molecule has 5 heteroatoms. The van der Waals surface area contributed by atoms with Crippen LogP contribution in [0, 0.1) is 11.6 Å². The summed E-state index contributed by atoms with van der Waals surface area (Å²) >= 11 is 1.62.